The van der Waals surface area contributed by atoms with Crippen molar-refractivity contribution in [1.82, 2.24) is 5.32 Å². The van der Waals surface area contributed by atoms with Gasteiger partial charge in [-0.15, -0.1) is 0 Å². The molecule has 4 nitrogen and oxygen atoms in total. The maximum absolute atomic E-state index is 13.6. The van der Waals surface area contributed by atoms with Crippen molar-refractivity contribution in [2.75, 3.05) is 26.3 Å². The molecule has 0 unspecified atom stereocenters. The zero-order valence-corrected chi connectivity index (χ0v) is 13.3. The van der Waals surface area contributed by atoms with E-state index in [1.165, 1.54) is 6.07 Å². The van der Waals surface area contributed by atoms with E-state index in [9.17, 15) is 4.39 Å². The standard InChI is InChI=1S/C17H26FN3O/c1-2-3-9-20-16(19)21-13-17(7-10-22-11-8-17)14-5-4-6-15(18)12-14/h4-6,12H,2-3,7-11,13H2,1H3,(H3,19,20,21). The van der Waals surface area contributed by atoms with E-state index in [0.717, 1.165) is 37.8 Å². The van der Waals surface area contributed by atoms with E-state index >= 15 is 0 Å². The topological polar surface area (TPSA) is 59.6 Å². The third-order valence-electron chi connectivity index (χ3n) is 4.28. The molecule has 1 aliphatic rings. The van der Waals surface area contributed by atoms with Crippen LogP contribution in [-0.4, -0.2) is 32.3 Å². The SMILES string of the molecule is CCCCNC(N)=NCC1(c2cccc(F)c2)CCOCC1. The molecule has 2 rings (SSSR count). The first kappa shape index (κ1) is 16.7. The summed E-state index contributed by atoms with van der Waals surface area (Å²) in [6.45, 7) is 4.88. The van der Waals surface area contributed by atoms with Crippen molar-refractivity contribution in [2.45, 2.75) is 38.0 Å². The summed E-state index contributed by atoms with van der Waals surface area (Å²) in [6, 6.07) is 6.82. The lowest BCUT2D eigenvalue weighted by Crippen LogP contribution is -2.39. The van der Waals surface area contributed by atoms with Crippen molar-refractivity contribution in [3.8, 4) is 0 Å². The molecule has 1 aromatic rings. The molecule has 0 aliphatic carbocycles. The van der Waals surface area contributed by atoms with Gasteiger partial charge in [-0.2, -0.15) is 0 Å². The van der Waals surface area contributed by atoms with Gasteiger partial charge in [-0.3, -0.25) is 4.99 Å². The minimum Gasteiger partial charge on any atom is -0.381 e. The second kappa shape index (κ2) is 8.13. The first-order chi connectivity index (χ1) is 10.7. The van der Waals surface area contributed by atoms with Crippen LogP contribution in [0.5, 0.6) is 0 Å². The Hall–Kier alpha value is -1.62. The average Bonchev–Trinajstić information content (AvgIpc) is 2.54. The molecule has 1 aromatic carbocycles. The van der Waals surface area contributed by atoms with E-state index < -0.39 is 0 Å². The summed E-state index contributed by atoms with van der Waals surface area (Å²) in [5.41, 5.74) is 6.74. The van der Waals surface area contributed by atoms with Crippen molar-refractivity contribution < 1.29 is 9.13 Å². The molecule has 22 heavy (non-hydrogen) atoms. The van der Waals surface area contributed by atoms with Crippen molar-refractivity contribution in [1.29, 1.82) is 0 Å². The molecule has 0 spiro atoms. The highest BCUT2D eigenvalue weighted by molar-refractivity contribution is 5.77. The Morgan fingerprint density at radius 1 is 1.41 bits per heavy atom. The van der Waals surface area contributed by atoms with Crippen LogP contribution in [0.3, 0.4) is 0 Å². The molecule has 1 fully saturated rings. The first-order valence-electron chi connectivity index (χ1n) is 8.04. The molecule has 0 saturated carbocycles. The van der Waals surface area contributed by atoms with Gasteiger partial charge in [-0.05, 0) is 37.0 Å². The summed E-state index contributed by atoms with van der Waals surface area (Å²) < 4.78 is 19.1. The Labute approximate surface area is 132 Å². The lowest BCUT2D eigenvalue weighted by Gasteiger charge is -2.36. The number of unbranched alkanes of at least 4 members (excludes halogenated alkanes) is 1. The zero-order valence-electron chi connectivity index (χ0n) is 13.3. The highest BCUT2D eigenvalue weighted by atomic mass is 19.1. The summed E-state index contributed by atoms with van der Waals surface area (Å²) in [6.07, 6.45) is 3.86. The number of halogens is 1. The minimum absolute atomic E-state index is 0.183. The number of aliphatic imine (C=N–C) groups is 1. The van der Waals surface area contributed by atoms with Crippen molar-refractivity contribution in [3.63, 3.8) is 0 Å². The molecule has 1 aliphatic heterocycles. The molecule has 122 valence electrons. The Kier molecular flexibility index (Phi) is 6.19. The molecule has 0 aromatic heterocycles. The number of hydrogen-bond donors (Lipinski definition) is 2. The van der Waals surface area contributed by atoms with Crippen LogP contribution in [0.2, 0.25) is 0 Å². The fourth-order valence-corrected chi connectivity index (χ4v) is 2.80. The van der Waals surface area contributed by atoms with E-state index in [0.29, 0.717) is 25.7 Å². The molecule has 3 N–H and O–H groups in total. The second-order valence-electron chi connectivity index (χ2n) is 5.88. The quantitative estimate of drug-likeness (QED) is 0.482. The van der Waals surface area contributed by atoms with Gasteiger partial charge in [0.25, 0.3) is 0 Å². The monoisotopic (exact) mass is 307 g/mol. The second-order valence-corrected chi connectivity index (χ2v) is 5.88. The van der Waals surface area contributed by atoms with Gasteiger partial charge >= 0.3 is 0 Å². The minimum atomic E-state index is -0.207. The molecule has 1 heterocycles. The maximum Gasteiger partial charge on any atom is 0.188 e. The average molecular weight is 307 g/mol. The highest BCUT2D eigenvalue weighted by Crippen LogP contribution is 2.35. The van der Waals surface area contributed by atoms with Gasteiger partial charge in [-0.25, -0.2) is 4.39 Å². The Morgan fingerprint density at radius 3 is 2.86 bits per heavy atom. The predicted molar refractivity (Wildman–Crippen MR) is 87.5 cm³/mol. The van der Waals surface area contributed by atoms with Crippen LogP contribution in [-0.2, 0) is 10.2 Å². The van der Waals surface area contributed by atoms with E-state index in [1.807, 2.05) is 6.07 Å². The van der Waals surface area contributed by atoms with Crippen LogP contribution >= 0.6 is 0 Å². The summed E-state index contributed by atoms with van der Waals surface area (Å²) in [5.74, 6) is 0.261. The van der Waals surface area contributed by atoms with Crippen LogP contribution in [0.4, 0.5) is 4.39 Å². The maximum atomic E-state index is 13.6. The number of rotatable bonds is 6. The smallest absolute Gasteiger partial charge is 0.188 e. The fourth-order valence-electron chi connectivity index (χ4n) is 2.80. The highest BCUT2D eigenvalue weighted by Gasteiger charge is 2.34. The van der Waals surface area contributed by atoms with Crippen LogP contribution in [0.1, 0.15) is 38.2 Å². The molecule has 0 bridgehead atoms. The molecule has 0 radical (unpaired) electrons. The summed E-state index contributed by atoms with van der Waals surface area (Å²) in [5, 5.41) is 3.13. The lowest BCUT2D eigenvalue weighted by atomic mass is 9.74. The van der Waals surface area contributed by atoms with E-state index in [4.69, 9.17) is 10.5 Å². The van der Waals surface area contributed by atoms with Gasteiger partial charge in [-0.1, -0.05) is 25.5 Å². The van der Waals surface area contributed by atoms with Gasteiger partial charge < -0.3 is 15.8 Å². The summed E-state index contributed by atoms with van der Waals surface area (Å²) >= 11 is 0. The number of nitrogens with zero attached hydrogens (tertiary/aromatic N) is 1. The van der Waals surface area contributed by atoms with Crippen LogP contribution in [0.15, 0.2) is 29.3 Å². The fraction of sp³-hybridized carbons (Fsp3) is 0.588. The van der Waals surface area contributed by atoms with Gasteiger partial charge in [0.1, 0.15) is 5.82 Å². The largest absolute Gasteiger partial charge is 0.381 e. The van der Waals surface area contributed by atoms with E-state index in [-0.39, 0.29) is 11.2 Å². The van der Waals surface area contributed by atoms with Crippen molar-refractivity contribution in [3.05, 3.63) is 35.6 Å². The number of ether oxygens (including phenoxy) is 1. The van der Waals surface area contributed by atoms with E-state index in [1.54, 1.807) is 12.1 Å². The van der Waals surface area contributed by atoms with Crippen LogP contribution in [0.25, 0.3) is 0 Å². The van der Waals surface area contributed by atoms with Crippen LogP contribution in [0, 0.1) is 5.82 Å². The summed E-state index contributed by atoms with van der Waals surface area (Å²) in [4.78, 5) is 4.50. The number of benzene rings is 1. The van der Waals surface area contributed by atoms with Gasteiger partial charge in [0.15, 0.2) is 5.96 Å². The van der Waals surface area contributed by atoms with Crippen molar-refractivity contribution >= 4 is 5.96 Å². The van der Waals surface area contributed by atoms with E-state index in [2.05, 4.69) is 17.2 Å². The molecular formula is C17H26FN3O. The first-order valence-corrected chi connectivity index (χ1v) is 8.04. The molecule has 0 atom stereocenters. The number of nitrogens with two attached hydrogens (primary N) is 1. The van der Waals surface area contributed by atoms with Gasteiger partial charge in [0.2, 0.25) is 0 Å². The Morgan fingerprint density at radius 2 is 2.18 bits per heavy atom. The number of guanidine groups is 1. The normalized spacial score (nSPS) is 18.2. The molecule has 1 saturated heterocycles. The van der Waals surface area contributed by atoms with Crippen LogP contribution < -0.4 is 11.1 Å². The third-order valence-corrected chi connectivity index (χ3v) is 4.28. The Bertz CT molecular complexity index is 498. The lowest BCUT2D eigenvalue weighted by molar-refractivity contribution is 0.0530. The number of nitrogens with one attached hydrogen (secondary N) is 1. The third kappa shape index (κ3) is 4.44. The number of hydrogen-bond acceptors (Lipinski definition) is 2. The molecular weight excluding hydrogens is 281 g/mol. The van der Waals surface area contributed by atoms with Gasteiger partial charge in [0, 0.05) is 25.2 Å². The van der Waals surface area contributed by atoms with Crippen molar-refractivity contribution in [2.24, 2.45) is 10.7 Å². The molecule has 5 heteroatoms. The summed E-state index contributed by atoms with van der Waals surface area (Å²) in [7, 11) is 0. The Balaban J connectivity index is 2.11. The predicted octanol–water partition coefficient (Wildman–Crippen LogP) is 2.58. The molecule has 0 amide bonds. The zero-order chi connectivity index (χ0) is 15.8. The van der Waals surface area contributed by atoms with Gasteiger partial charge in [0.05, 0.1) is 6.54 Å².